The van der Waals surface area contributed by atoms with E-state index in [9.17, 15) is 13.2 Å². The van der Waals surface area contributed by atoms with Gasteiger partial charge in [0.15, 0.2) is 5.78 Å². The Labute approximate surface area is 164 Å². The van der Waals surface area contributed by atoms with Crippen molar-refractivity contribution >= 4 is 15.8 Å². The van der Waals surface area contributed by atoms with E-state index in [1.165, 1.54) is 31.2 Å². The van der Waals surface area contributed by atoms with Gasteiger partial charge in [-0.1, -0.05) is 29.8 Å². The summed E-state index contributed by atoms with van der Waals surface area (Å²) in [5, 5.41) is 0. The van der Waals surface area contributed by atoms with Crippen LogP contribution in [0.25, 0.3) is 11.5 Å². The van der Waals surface area contributed by atoms with E-state index in [-0.39, 0.29) is 17.2 Å². The number of nitrogens with one attached hydrogen (secondary N) is 1. The molecule has 0 radical (unpaired) electrons. The summed E-state index contributed by atoms with van der Waals surface area (Å²) in [6.45, 7) is 5.45. The molecule has 1 N–H and O–H groups in total. The standard InChI is InChI=1S/C21H22N2O4S/c1-14-4-6-18(7-5-14)21-23-20(16(3)27-21)12-13-22-28(25,26)19-10-8-17(9-11-19)15(2)24/h4-11,22H,12-13H2,1-3H3. The molecule has 1 heterocycles. The smallest absolute Gasteiger partial charge is 0.240 e. The summed E-state index contributed by atoms with van der Waals surface area (Å²) in [7, 11) is -3.66. The van der Waals surface area contributed by atoms with E-state index < -0.39 is 10.0 Å². The molecule has 0 unspecified atom stereocenters. The first-order valence-corrected chi connectivity index (χ1v) is 10.4. The first-order chi connectivity index (χ1) is 13.3. The van der Waals surface area contributed by atoms with Gasteiger partial charge in [-0.15, -0.1) is 0 Å². The number of oxazole rings is 1. The predicted octanol–water partition coefficient (Wildman–Crippen LogP) is 3.68. The van der Waals surface area contributed by atoms with Gasteiger partial charge in [0.1, 0.15) is 5.76 Å². The van der Waals surface area contributed by atoms with Gasteiger partial charge in [-0.05, 0) is 45.0 Å². The van der Waals surface area contributed by atoms with E-state index in [0.29, 0.717) is 29.3 Å². The van der Waals surface area contributed by atoms with Crippen molar-refractivity contribution in [1.82, 2.24) is 9.71 Å². The van der Waals surface area contributed by atoms with Gasteiger partial charge in [-0.25, -0.2) is 18.1 Å². The van der Waals surface area contributed by atoms with Crippen LogP contribution in [-0.4, -0.2) is 25.7 Å². The quantitative estimate of drug-likeness (QED) is 0.613. The van der Waals surface area contributed by atoms with Crippen molar-refractivity contribution < 1.29 is 17.6 Å². The molecule has 0 amide bonds. The molecule has 7 heteroatoms. The Kier molecular flexibility index (Phi) is 5.76. The molecule has 6 nitrogen and oxygen atoms in total. The van der Waals surface area contributed by atoms with E-state index in [0.717, 1.165) is 11.1 Å². The highest BCUT2D eigenvalue weighted by Crippen LogP contribution is 2.22. The highest BCUT2D eigenvalue weighted by atomic mass is 32.2. The highest BCUT2D eigenvalue weighted by Gasteiger charge is 2.16. The molecule has 0 bridgehead atoms. The third-order valence-electron chi connectivity index (χ3n) is 4.42. The second-order valence-electron chi connectivity index (χ2n) is 6.62. The number of Topliss-reactive ketones (excluding diaryl/α,β-unsaturated/α-hetero) is 1. The number of sulfonamides is 1. The summed E-state index contributed by atoms with van der Waals surface area (Å²) >= 11 is 0. The maximum absolute atomic E-state index is 12.4. The second-order valence-corrected chi connectivity index (χ2v) is 8.38. The Balaban J connectivity index is 1.65. The maximum Gasteiger partial charge on any atom is 0.240 e. The molecule has 1 aromatic heterocycles. The molecular weight excluding hydrogens is 376 g/mol. The molecule has 0 aliphatic heterocycles. The van der Waals surface area contributed by atoms with Crippen LogP contribution in [0.1, 0.15) is 34.3 Å². The first-order valence-electron chi connectivity index (χ1n) is 8.90. The molecule has 0 aliphatic carbocycles. The number of aryl methyl sites for hydroxylation is 2. The summed E-state index contributed by atoms with van der Waals surface area (Å²) in [4.78, 5) is 15.9. The molecular formula is C21H22N2O4S. The molecule has 3 rings (SSSR count). The fourth-order valence-electron chi connectivity index (χ4n) is 2.74. The minimum atomic E-state index is -3.66. The Morgan fingerprint density at radius 3 is 2.29 bits per heavy atom. The lowest BCUT2D eigenvalue weighted by atomic mass is 10.1. The number of carbonyl (C=O) groups is 1. The number of benzene rings is 2. The summed E-state index contributed by atoms with van der Waals surface area (Å²) in [6, 6.07) is 13.7. The van der Waals surface area contributed by atoms with Crippen LogP contribution in [0, 0.1) is 13.8 Å². The van der Waals surface area contributed by atoms with Crippen LogP contribution in [0.15, 0.2) is 57.8 Å². The van der Waals surface area contributed by atoms with Crippen molar-refractivity contribution in [3.63, 3.8) is 0 Å². The summed E-state index contributed by atoms with van der Waals surface area (Å²) in [5.74, 6) is 1.08. The second kappa shape index (κ2) is 8.08. The van der Waals surface area contributed by atoms with Gasteiger partial charge >= 0.3 is 0 Å². The minimum Gasteiger partial charge on any atom is -0.441 e. The van der Waals surface area contributed by atoms with Crippen molar-refractivity contribution in [2.45, 2.75) is 32.1 Å². The van der Waals surface area contributed by atoms with Crippen LogP contribution in [0.4, 0.5) is 0 Å². The average Bonchev–Trinajstić information content (AvgIpc) is 3.03. The Hall–Kier alpha value is -2.77. The number of hydrogen-bond acceptors (Lipinski definition) is 5. The molecule has 0 aliphatic rings. The number of nitrogens with zero attached hydrogens (tertiary/aromatic N) is 1. The van der Waals surface area contributed by atoms with Crippen molar-refractivity contribution in [2.75, 3.05) is 6.54 Å². The van der Waals surface area contributed by atoms with Gasteiger partial charge in [0.2, 0.25) is 15.9 Å². The first kappa shape index (κ1) is 20.0. The summed E-state index contributed by atoms with van der Waals surface area (Å²) < 4.78 is 33.1. The number of aromatic nitrogens is 1. The van der Waals surface area contributed by atoms with Gasteiger partial charge < -0.3 is 4.42 Å². The highest BCUT2D eigenvalue weighted by molar-refractivity contribution is 7.89. The Morgan fingerprint density at radius 2 is 1.68 bits per heavy atom. The summed E-state index contributed by atoms with van der Waals surface area (Å²) in [5.41, 5.74) is 3.22. The molecule has 0 saturated carbocycles. The van der Waals surface area contributed by atoms with Gasteiger partial charge in [-0.3, -0.25) is 4.79 Å². The van der Waals surface area contributed by atoms with E-state index in [1.54, 1.807) is 0 Å². The van der Waals surface area contributed by atoms with E-state index >= 15 is 0 Å². The molecule has 146 valence electrons. The molecule has 28 heavy (non-hydrogen) atoms. The fraction of sp³-hybridized carbons (Fsp3) is 0.238. The van der Waals surface area contributed by atoms with Crippen LogP contribution >= 0.6 is 0 Å². The van der Waals surface area contributed by atoms with Crippen molar-refractivity contribution in [3.05, 3.63) is 71.1 Å². The molecule has 0 atom stereocenters. The zero-order valence-electron chi connectivity index (χ0n) is 16.0. The lowest BCUT2D eigenvalue weighted by molar-refractivity contribution is 0.101. The number of ketones is 1. The zero-order valence-corrected chi connectivity index (χ0v) is 16.8. The van der Waals surface area contributed by atoms with Gasteiger partial charge in [0.25, 0.3) is 0 Å². The van der Waals surface area contributed by atoms with Crippen LogP contribution in [0.2, 0.25) is 0 Å². The van der Waals surface area contributed by atoms with E-state index in [1.807, 2.05) is 38.1 Å². The van der Waals surface area contributed by atoms with Crippen molar-refractivity contribution in [1.29, 1.82) is 0 Å². The van der Waals surface area contributed by atoms with Gasteiger partial charge in [-0.2, -0.15) is 0 Å². The lowest BCUT2D eigenvalue weighted by Crippen LogP contribution is -2.26. The largest absolute Gasteiger partial charge is 0.441 e. The van der Waals surface area contributed by atoms with Crippen LogP contribution < -0.4 is 4.72 Å². The fourth-order valence-corrected chi connectivity index (χ4v) is 3.77. The van der Waals surface area contributed by atoms with E-state index in [2.05, 4.69) is 9.71 Å². The molecule has 0 spiro atoms. The monoisotopic (exact) mass is 398 g/mol. The topological polar surface area (TPSA) is 89.3 Å². The van der Waals surface area contributed by atoms with E-state index in [4.69, 9.17) is 4.42 Å². The third-order valence-corrected chi connectivity index (χ3v) is 5.89. The Morgan fingerprint density at radius 1 is 1.04 bits per heavy atom. The normalized spacial score (nSPS) is 11.5. The van der Waals surface area contributed by atoms with Crippen molar-refractivity contribution in [3.8, 4) is 11.5 Å². The molecule has 0 fully saturated rings. The van der Waals surface area contributed by atoms with Crippen LogP contribution in [0.5, 0.6) is 0 Å². The molecule has 2 aromatic carbocycles. The predicted molar refractivity (Wildman–Crippen MR) is 107 cm³/mol. The van der Waals surface area contributed by atoms with Crippen LogP contribution in [0.3, 0.4) is 0 Å². The van der Waals surface area contributed by atoms with Crippen LogP contribution in [-0.2, 0) is 16.4 Å². The van der Waals surface area contributed by atoms with Crippen molar-refractivity contribution in [2.24, 2.45) is 0 Å². The minimum absolute atomic E-state index is 0.109. The molecule has 0 saturated heterocycles. The van der Waals surface area contributed by atoms with Gasteiger partial charge in [0.05, 0.1) is 10.6 Å². The maximum atomic E-state index is 12.4. The zero-order chi connectivity index (χ0) is 20.3. The Bertz CT molecular complexity index is 1080. The third kappa shape index (κ3) is 4.55. The number of hydrogen-bond donors (Lipinski definition) is 1. The number of carbonyl (C=O) groups excluding carboxylic acids is 1. The summed E-state index contributed by atoms with van der Waals surface area (Å²) in [6.07, 6.45) is 0.409. The lowest BCUT2D eigenvalue weighted by Gasteiger charge is -2.06. The van der Waals surface area contributed by atoms with Gasteiger partial charge in [0, 0.05) is 24.1 Å². The SMILES string of the molecule is CC(=O)c1ccc(S(=O)(=O)NCCc2nc(-c3ccc(C)cc3)oc2C)cc1. The molecule has 3 aromatic rings. The average molecular weight is 398 g/mol. The number of rotatable bonds is 7.